The molecular weight excluding hydrogens is 440 g/mol. The number of nitrogens with one attached hydrogen (secondary N) is 1. The molecule has 2 aliphatic carbocycles. The summed E-state index contributed by atoms with van der Waals surface area (Å²) in [5, 5.41) is 12.5. The van der Waals surface area contributed by atoms with Crippen LogP contribution in [0.25, 0.3) is 0 Å². The molecule has 2 atom stereocenters. The number of ketones is 1. The van der Waals surface area contributed by atoms with Crippen LogP contribution < -0.4 is 5.32 Å². The van der Waals surface area contributed by atoms with Gasteiger partial charge in [0.15, 0.2) is 0 Å². The molecule has 1 aromatic heterocycles. The van der Waals surface area contributed by atoms with E-state index >= 15 is 0 Å². The molecule has 2 aromatic carbocycles. The van der Waals surface area contributed by atoms with Crippen molar-refractivity contribution in [3.63, 3.8) is 0 Å². The molecule has 2 unspecified atom stereocenters. The lowest BCUT2D eigenvalue weighted by Crippen LogP contribution is -2.52. The zero-order chi connectivity index (χ0) is 24.6. The Morgan fingerprint density at radius 2 is 1.74 bits per heavy atom. The first-order chi connectivity index (χ1) is 16.9. The minimum absolute atomic E-state index is 0.0186. The molecule has 35 heavy (non-hydrogen) atoms. The molecule has 2 N–H and O–H groups in total. The molecule has 6 nitrogen and oxygen atoms in total. The lowest BCUT2D eigenvalue weighted by Gasteiger charge is -2.25. The molecule has 180 valence electrons. The third-order valence-electron chi connectivity index (χ3n) is 7.53. The van der Waals surface area contributed by atoms with Gasteiger partial charge in [0.05, 0.1) is 5.69 Å². The van der Waals surface area contributed by atoms with Crippen LogP contribution in [0, 0.1) is 12.8 Å². The van der Waals surface area contributed by atoms with E-state index in [9.17, 15) is 19.5 Å². The van der Waals surface area contributed by atoms with Crippen molar-refractivity contribution in [3.05, 3.63) is 94.8 Å². The smallest absolute Gasteiger partial charge is 0.329 e. The number of hydrogen-bond acceptors (Lipinski definition) is 3. The standard InChI is InChI=1S/C29H30N2O4/c1-19-9-11-20(12-10-19)26(32)25-8-5-15-31(25)18-23-17-24(23)21-6-4-7-22(16-21)27(33)30-29(28(34)35)13-2-3-14-29/h4-12,15-16,23-24H,2-3,13-14,17-18H2,1H3,(H,30,33)(H,34,35). The van der Waals surface area contributed by atoms with Crippen molar-refractivity contribution in [1.29, 1.82) is 0 Å². The van der Waals surface area contributed by atoms with Crippen LogP contribution in [0.5, 0.6) is 0 Å². The Labute approximate surface area is 205 Å². The van der Waals surface area contributed by atoms with Crippen LogP contribution in [-0.2, 0) is 11.3 Å². The number of aromatic nitrogens is 1. The monoisotopic (exact) mass is 470 g/mol. The van der Waals surface area contributed by atoms with Gasteiger partial charge in [-0.25, -0.2) is 4.79 Å². The molecule has 2 saturated carbocycles. The number of aryl methyl sites for hydroxylation is 1. The normalized spacial score (nSPS) is 20.4. The van der Waals surface area contributed by atoms with Crippen molar-refractivity contribution in [2.45, 2.75) is 57.0 Å². The van der Waals surface area contributed by atoms with Gasteiger partial charge in [-0.15, -0.1) is 0 Å². The highest BCUT2D eigenvalue weighted by molar-refractivity contribution is 6.08. The Morgan fingerprint density at radius 3 is 2.46 bits per heavy atom. The summed E-state index contributed by atoms with van der Waals surface area (Å²) in [5.74, 6) is -0.572. The summed E-state index contributed by atoms with van der Waals surface area (Å²) < 4.78 is 2.03. The van der Waals surface area contributed by atoms with Crippen LogP contribution in [0.15, 0.2) is 66.9 Å². The predicted octanol–water partition coefficient (Wildman–Crippen LogP) is 4.96. The first kappa shape index (κ1) is 23.1. The second-order valence-electron chi connectivity index (χ2n) is 10.0. The molecule has 1 heterocycles. The van der Waals surface area contributed by atoms with E-state index in [2.05, 4.69) is 5.32 Å². The van der Waals surface area contributed by atoms with Crippen LogP contribution in [0.1, 0.15) is 75.6 Å². The van der Waals surface area contributed by atoms with E-state index in [4.69, 9.17) is 0 Å². The Morgan fingerprint density at radius 1 is 1.00 bits per heavy atom. The number of carboxylic acid groups (broad SMARTS) is 1. The SMILES string of the molecule is Cc1ccc(C(=O)c2cccn2CC2CC2c2cccc(C(=O)NC3(C(=O)O)CCCC3)c2)cc1. The van der Waals surface area contributed by atoms with E-state index in [0.717, 1.165) is 36.9 Å². The number of carbonyl (C=O) groups is 3. The molecule has 0 bridgehead atoms. The summed E-state index contributed by atoms with van der Waals surface area (Å²) in [6, 6.07) is 18.9. The summed E-state index contributed by atoms with van der Waals surface area (Å²) in [7, 11) is 0. The fourth-order valence-electron chi connectivity index (χ4n) is 5.31. The fraction of sp³-hybridized carbons (Fsp3) is 0.345. The summed E-state index contributed by atoms with van der Waals surface area (Å²) in [5.41, 5.74) is 2.92. The molecule has 2 fully saturated rings. The van der Waals surface area contributed by atoms with Gasteiger partial charge in [0.2, 0.25) is 5.78 Å². The van der Waals surface area contributed by atoms with Crippen molar-refractivity contribution in [1.82, 2.24) is 9.88 Å². The number of aliphatic carboxylic acids is 1. The van der Waals surface area contributed by atoms with Crippen molar-refractivity contribution < 1.29 is 19.5 Å². The molecular formula is C29H30N2O4. The van der Waals surface area contributed by atoms with E-state index in [0.29, 0.717) is 41.5 Å². The van der Waals surface area contributed by atoms with Gasteiger partial charge in [0, 0.05) is 23.9 Å². The molecule has 2 aliphatic rings. The topological polar surface area (TPSA) is 88.4 Å². The van der Waals surface area contributed by atoms with Crippen LogP contribution in [0.4, 0.5) is 0 Å². The van der Waals surface area contributed by atoms with Gasteiger partial charge in [-0.1, -0.05) is 54.8 Å². The third-order valence-corrected chi connectivity index (χ3v) is 7.53. The highest BCUT2D eigenvalue weighted by atomic mass is 16.4. The highest BCUT2D eigenvalue weighted by Crippen LogP contribution is 2.48. The lowest BCUT2D eigenvalue weighted by atomic mass is 9.96. The van der Waals surface area contributed by atoms with Gasteiger partial charge in [-0.2, -0.15) is 0 Å². The average Bonchev–Trinajstić information content (AvgIpc) is 3.21. The summed E-state index contributed by atoms with van der Waals surface area (Å²) in [4.78, 5) is 37.7. The molecule has 5 rings (SSSR count). The number of carbonyl (C=O) groups excluding carboxylic acids is 2. The number of carboxylic acids is 1. The second-order valence-corrected chi connectivity index (χ2v) is 10.0. The van der Waals surface area contributed by atoms with Crippen molar-refractivity contribution >= 4 is 17.7 Å². The molecule has 1 amide bonds. The van der Waals surface area contributed by atoms with Gasteiger partial charge in [-0.3, -0.25) is 9.59 Å². The van der Waals surface area contributed by atoms with Crippen molar-refractivity contribution in [3.8, 4) is 0 Å². The molecule has 0 aliphatic heterocycles. The molecule has 0 saturated heterocycles. The maximum Gasteiger partial charge on any atom is 0.329 e. The first-order valence-electron chi connectivity index (χ1n) is 12.3. The number of hydrogen-bond donors (Lipinski definition) is 2. The third kappa shape index (κ3) is 4.65. The predicted molar refractivity (Wildman–Crippen MR) is 133 cm³/mol. The van der Waals surface area contributed by atoms with Gasteiger partial charge in [0.25, 0.3) is 5.91 Å². The van der Waals surface area contributed by atoms with Crippen LogP contribution in [0.3, 0.4) is 0 Å². The summed E-state index contributed by atoms with van der Waals surface area (Å²) in [6.07, 6.45) is 5.50. The lowest BCUT2D eigenvalue weighted by molar-refractivity contribution is -0.144. The number of rotatable bonds is 8. The van der Waals surface area contributed by atoms with E-state index in [1.54, 1.807) is 6.07 Å². The quantitative estimate of drug-likeness (QED) is 0.456. The van der Waals surface area contributed by atoms with E-state index in [1.807, 2.05) is 72.3 Å². The van der Waals surface area contributed by atoms with Crippen molar-refractivity contribution in [2.24, 2.45) is 5.92 Å². The average molecular weight is 471 g/mol. The summed E-state index contributed by atoms with van der Waals surface area (Å²) >= 11 is 0. The molecule has 6 heteroatoms. The largest absolute Gasteiger partial charge is 0.480 e. The van der Waals surface area contributed by atoms with E-state index in [-0.39, 0.29) is 11.7 Å². The van der Waals surface area contributed by atoms with Crippen LogP contribution in [-0.4, -0.2) is 32.9 Å². The van der Waals surface area contributed by atoms with Gasteiger partial charge in [0.1, 0.15) is 5.54 Å². The zero-order valence-corrected chi connectivity index (χ0v) is 19.9. The second kappa shape index (κ2) is 9.17. The van der Waals surface area contributed by atoms with Crippen LogP contribution >= 0.6 is 0 Å². The molecule has 3 aromatic rings. The van der Waals surface area contributed by atoms with E-state index < -0.39 is 11.5 Å². The number of nitrogens with zero attached hydrogens (tertiary/aromatic N) is 1. The maximum atomic E-state index is 13.0. The Hall–Kier alpha value is -3.67. The van der Waals surface area contributed by atoms with Gasteiger partial charge < -0.3 is 15.0 Å². The van der Waals surface area contributed by atoms with Crippen LogP contribution in [0.2, 0.25) is 0 Å². The Balaban J connectivity index is 1.26. The number of amides is 1. The van der Waals surface area contributed by atoms with Crippen molar-refractivity contribution in [2.75, 3.05) is 0 Å². The fourth-order valence-corrected chi connectivity index (χ4v) is 5.31. The molecule has 0 radical (unpaired) electrons. The Bertz CT molecular complexity index is 1270. The van der Waals surface area contributed by atoms with Gasteiger partial charge >= 0.3 is 5.97 Å². The summed E-state index contributed by atoms with van der Waals surface area (Å²) in [6.45, 7) is 2.74. The number of benzene rings is 2. The Kier molecular flexibility index (Phi) is 6.05. The maximum absolute atomic E-state index is 13.0. The van der Waals surface area contributed by atoms with Gasteiger partial charge in [-0.05, 0) is 67.9 Å². The minimum atomic E-state index is -1.15. The first-order valence-corrected chi connectivity index (χ1v) is 12.3. The molecule has 0 spiro atoms. The zero-order valence-electron chi connectivity index (χ0n) is 19.9. The van der Waals surface area contributed by atoms with E-state index in [1.165, 1.54) is 0 Å². The highest BCUT2D eigenvalue weighted by Gasteiger charge is 2.43. The minimum Gasteiger partial charge on any atom is -0.480 e.